The van der Waals surface area contributed by atoms with Crippen molar-refractivity contribution in [3.8, 4) is 0 Å². The number of ether oxygens (including phenoxy) is 1. The molecule has 2 saturated heterocycles. The molecule has 2 fully saturated rings. The summed E-state index contributed by atoms with van der Waals surface area (Å²) in [6.45, 7) is 1.95. The van der Waals surface area contributed by atoms with Gasteiger partial charge in [-0.2, -0.15) is 0 Å². The van der Waals surface area contributed by atoms with E-state index in [4.69, 9.17) is 16.3 Å². The lowest BCUT2D eigenvalue weighted by Gasteiger charge is -2.29. The van der Waals surface area contributed by atoms with Crippen LogP contribution in [-0.2, 0) is 31.1 Å². The van der Waals surface area contributed by atoms with E-state index in [0.717, 1.165) is 21.4 Å². The zero-order valence-electron chi connectivity index (χ0n) is 21.9. The third kappa shape index (κ3) is 3.59. The second-order valence-electron chi connectivity index (χ2n) is 10.5. The second kappa shape index (κ2) is 9.29. The van der Waals surface area contributed by atoms with E-state index in [2.05, 4.69) is 15.6 Å². The molecule has 3 N–H and O–H groups in total. The van der Waals surface area contributed by atoms with Gasteiger partial charge >= 0.3 is 5.97 Å². The fourth-order valence-corrected chi connectivity index (χ4v) is 6.94. The minimum atomic E-state index is -1.48. The molecule has 3 aromatic carbocycles. The summed E-state index contributed by atoms with van der Waals surface area (Å²) in [6, 6.07) is 18.7. The second-order valence-corrected chi connectivity index (χ2v) is 10.9. The van der Waals surface area contributed by atoms with Gasteiger partial charge in [-0.05, 0) is 55.3 Å². The highest BCUT2D eigenvalue weighted by atomic mass is 35.5. The summed E-state index contributed by atoms with van der Waals surface area (Å²) in [5.41, 5.74) is 2.07. The van der Waals surface area contributed by atoms with Crippen molar-refractivity contribution in [1.82, 2.24) is 10.3 Å². The number of imide groups is 1. The van der Waals surface area contributed by atoms with Gasteiger partial charge in [0.1, 0.15) is 5.54 Å². The maximum Gasteiger partial charge on any atom is 0.338 e. The van der Waals surface area contributed by atoms with E-state index in [-0.39, 0.29) is 6.61 Å². The van der Waals surface area contributed by atoms with E-state index >= 15 is 0 Å². The number of aromatic nitrogens is 1. The Morgan fingerprint density at radius 2 is 1.78 bits per heavy atom. The molecule has 1 spiro atoms. The normalized spacial score (nSPS) is 24.7. The zero-order valence-corrected chi connectivity index (χ0v) is 22.7. The first-order valence-electron chi connectivity index (χ1n) is 13.4. The van der Waals surface area contributed by atoms with Gasteiger partial charge in [-0.3, -0.25) is 19.7 Å². The molecule has 7 rings (SSSR count). The lowest BCUT2D eigenvalue weighted by atomic mass is 9.76. The van der Waals surface area contributed by atoms with Gasteiger partial charge in [0, 0.05) is 28.7 Å². The standard InChI is InChI=1S/C31H25ClN4O5/c1-2-41-29(39)16-10-12-18(13-11-16)36-27(37)24-23(14-17-15-33-22-9-4-3-6-19(17)22)35-31(25(24)28(36)38)20-7-5-8-21(32)26(20)34-30(31)40/h3-13,15,23-25,33,35H,2,14H2,1H3,(H,34,40)/t23-,24-,25-,31+/m0/s1. The van der Waals surface area contributed by atoms with Gasteiger partial charge in [0.15, 0.2) is 0 Å². The van der Waals surface area contributed by atoms with Gasteiger partial charge in [0.25, 0.3) is 0 Å². The monoisotopic (exact) mass is 568 g/mol. The molecule has 3 aliphatic rings. The smallest absolute Gasteiger partial charge is 0.338 e. The molecule has 206 valence electrons. The molecule has 4 aromatic rings. The number of para-hydroxylation sites is 2. The molecule has 0 saturated carbocycles. The molecule has 3 aliphatic heterocycles. The number of anilines is 2. The van der Waals surface area contributed by atoms with Crippen molar-refractivity contribution < 1.29 is 23.9 Å². The van der Waals surface area contributed by atoms with Crippen LogP contribution in [0.15, 0.2) is 72.9 Å². The predicted molar refractivity (Wildman–Crippen MR) is 153 cm³/mol. The maximum atomic E-state index is 14.2. The molecule has 0 aliphatic carbocycles. The van der Waals surface area contributed by atoms with Crippen LogP contribution in [0.5, 0.6) is 0 Å². The SMILES string of the molecule is CCOC(=O)c1ccc(N2C(=O)[C@H]3[C@H](Cc4c[nH]c5ccccc45)N[C@@]4(C(=O)Nc5c(Cl)cccc54)[C@@H]3C2=O)cc1. The number of H-pyrrole nitrogens is 1. The van der Waals surface area contributed by atoms with E-state index in [9.17, 15) is 19.2 Å². The van der Waals surface area contributed by atoms with Gasteiger partial charge in [0.05, 0.1) is 40.4 Å². The summed E-state index contributed by atoms with van der Waals surface area (Å²) < 4.78 is 5.06. The third-order valence-corrected chi connectivity index (χ3v) is 8.77. The molecule has 9 nitrogen and oxygen atoms in total. The number of hydrogen-bond donors (Lipinski definition) is 3. The van der Waals surface area contributed by atoms with Crippen molar-refractivity contribution in [2.45, 2.75) is 24.9 Å². The summed E-state index contributed by atoms with van der Waals surface area (Å²) in [4.78, 5) is 58.8. The lowest BCUT2D eigenvalue weighted by Crippen LogP contribution is -2.53. The highest BCUT2D eigenvalue weighted by Crippen LogP contribution is 2.55. The summed E-state index contributed by atoms with van der Waals surface area (Å²) >= 11 is 6.46. The first-order valence-corrected chi connectivity index (χ1v) is 13.8. The fraction of sp³-hybridized carbons (Fsp3) is 0.226. The molecule has 4 heterocycles. The molecule has 1 aromatic heterocycles. The van der Waals surface area contributed by atoms with Crippen LogP contribution in [0.2, 0.25) is 5.02 Å². The highest BCUT2D eigenvalue weighted by Gasteiger charge is 2.70. The Bertz CT molecular complexity index is 1770. The summed E-state index contributed by atoms with van der Waals surface area (Å²) in [5.74, 6) is -3.63. The Hall–Kier alpha value is -4.47. The molecular formula is C31H25ClN4O5. The fourth-order valence-electron chi connectivity index (χ4n) is 6.72. The number of amides is 3. The summed E-state index contributed by atoms with van der Waals surface area (Å²) in [7, 11) is 0. The number of fused-ring (bicyclic) bond motifs is 5. The van der Waals surface area contributed by atoms with Gasteiger partial charge in [-0.15, -0.1) is 0 Å². The van der Waals surface area contributed by atoms with Crippen LogP contribution in [0.1, 0.15) is 28.4 Å². The maximum absolute atomic E-state index is 14.2. The Morgan fingerprint density at radius 3 is 2.56 bits per heavy atom. The average Bonchev–Trinajstić information content (AvgIpc) is 3.68. The average molecular weight is 569 g/mol. The zero-order chi connectivity index (χ0) is 28.5. The van der Waals surface area contributed by atoms with Gasteiger partial charge in [-0.25, -0.2) is 9.69 Å². The van der Waals surface area contributed by atoms with E-state index in [1.807, 2.05) is 30.5 Å². The number of aromatic amines is 1. The van der Waals surface area contributed by atoms with Crippen LogP contribution < -0.4 is 15.5 Å². The minimum Gasteiger partial charge on any atom is -0.462 e. The number of rotatable bonds is 5. The Kier molecular flexibility index (Phi) is 5.78. The molecule has 0 radical (unpaired) electrons. The highest BCUT2D eigenvalue weighted by molar-refractivity contribution is 6.35. The number of halogens is 1. The van der Waals surface area contributed by atoms with Crippen molar-refractivity contribution in [1.29, 1.82) is 0 Å². The quantitative estimate of drug-likeness (QED) is 0.245. The van der Waals surface area contributed by atoms with Crippen LogP contribution in [0.4, 0.5) is 11.4 Å². The van der Waals surface area contributed by atoms with Crippen molar-refractivity contribution in [2.24, 2.45) is 11.8 Å². The lowest BCUT2D eigenvalue weighted by molar-refractivity contribution is -0.130. The van der Waals surface area contributed by atoms with Crippen molar-refractivity contribution in [3.05, 3.63) is 94.6 Å². The summed E-state index contributed by atoms with van der Waals surface area (Å²) in [5, 5.41) is 7.69. The molecule has 0 unspecified atom stereocenters. The van der Waals surface area contributed by atoms with Crippen LogP contribution in [0, 0.1) is 11.8 Å². The molecule has 0 bridgehead atoms. The Balaban J connectivity index is 1.33. The third-order valence-electron chi connectivity index (χ3n) is 8.45. The molecule has 41 heavy (non-hydrogen) atoms. The van der Waals surface area contributed by atoms with Crippen molar-refractivity contribution in [2.75, 3.05) is 16.8 Å². The Labute approximate surface area is 239 Å². The predicted octanol–water partition coefficient (Wildman–Crippen LogP) is 4.17. The number of hydrogen-bond acceptors (Lipinski definition) is 6. The van der Waals surface area contributed by atoms with Crippen LogP contribution in [-0.4, -0.2) is 41.3 Å². The van der Waals surface area contributed by atoms with E-state index in [1.165, 1.54) is 12.1 Å². The first kappa shape index (κ1) is 25.5. The molecule has 3 amide bonds. The number of carbonyl (C=O) groups is 4. The largest absolute Gasteiger partial charge is 0.462 e. The first-order chi connectivity index (χ1) is 19.8. The topological polar surface area (TPSA) is 121 Å². The minimum absolute atomic E-state index is 0.230. The van der Waals surface area contributed by atoms with Gasteiger partial charge < -0.3 is 15.0 Å². The van der Waals surface area contributed by atoms with Crippen LogP contribution in [0.3, 0.4) is 0 Å². The number of nitrogens with one attached hydrogen (secondary N) is 3. The van der Waals surface area contributed by atoms with Gasteiger partial charge in [-0.1, -0.05) is 41.9 Å². The number of carbonyl (C=O) groups excluding carboxylic acids is 4. The number of benzene rings is 3. The molecular weight excluding hydrogens is 544 g/mol. The van der Waals surface area contributed by atoms with E-state index in [0.29, 0.717) is 33.9 Å². The van der Waals surface area contributed by atoms with Crippen molar-refractivity contribution in [3.63, 3.8) is 0 Å². The number of esters is 1. The van der Waals surface area contributed by atoms with E-state index < -0.39 is 47.1 Å². The van der Waals surface area contributed by atoms with Crippen LogP contribution >= 0.6 is 11.6 Å². The van der Waals surface area contributed by atoms with Gasteiger partial charge in [0.2, 0.25) is 17.7 Å². The molecule has 10 heteroatoms. The Morgan fingerprint density at radius 1 is 1.00 bits per heavy atom. The van der Waals surface area contributed by atoms with Crippen molar-refractivity contribution >= 4 is 57.6 Å². The molecule has 4 atom stereocenters. The van der Waals surface area contributed by atoms with Crippen LogP contribution in [0.25, 0.3) is 10.9 Å². The van der Waals surface area contributed by atoms with E-state index in [1.54, 1.807) is 37.3 Å². The number of nitrogens with zero attached hydrogens (tertiary/aromatic N) is 1. The summed E-state index contributed by atoms with van der Waals surface area (Å²) in [6.07, 6.45) is 2.31.